The minimum Gasteiger partial charge on any atom is -0.497 e. The van der Waals surface area contributed by atoms with E-state index < -0.39 is 22.0 Å². The molecule has 1 N–H and O–H groups in total. The molecule has 8 nitrogen and oxygen atoms in total. The van der Waals surface area contributed by atoms with Crippen LogP contribution in [0.25, 0.3) is 0 Å². The summed E-state index contributed by atoms with van der Waals surface area (Å²) < 4.78 is 36.2. The van der Waals surface area contributed by atoms with E-state index in [4.69, 9.17) is 9.47 Å². The van der Waals surface area contributed by atoms with Crippen molar-refractivity contribution in [2.75, 3.05) is 24.3 Å². The molecular formula is C20H25N3O5S. The van der Waals surface area contributed by atoms with Gasteiger partial charge in [0, 0.05) is 0 Å². The summed E-state index contributed by atoms with van der Waals surface area (Å²) in [6.07, 6.45) is 2.50. The van der Waals surface area contributed by atoms with Crippen LogP contribution in [0, 0.1) is 0 Å². The van der Waals surface area contributed by atoms with Crippen LogP contribution in [0.1, 0.15) is 19.4 Å². The van der Waals surface area contributed by atoms with Gasteiger partial charge in [0.15, 0.2) is 0 Å². The second-order valence-electron chi connectivity index (χ2n) is 6.17. The number of sulfonamides is 1. The Morgan fingerprint density at radius 2 is 1.90 bits per heavy atom. The number of rotatable bonds is 9. The molecule has 0 saturated carbocycles. The van der Waals surface area contributed by atoms with Crippen LogP contribution in [-0.4, -0.2) is 46.6 Å². The van der Waals surface area contributed by atoms with Gasteiger partial charge in [-0.05, 0) is 55.8 Å². The number of amides is 1. The first-order valence-electron chi connectivity index (χ1n) is 8.95. The van der Waals surface area contributed by atoms with E-state index >= 15 is 0 Å². The standard InChI is InChI=1S/C20H25N3O5S/c1-5-28-18-11-9-17(10-12-18)23(29(4,25)26)15(2)20(24)22-21-14-16-7-6-8-19(13-16)27-3/h6-15H,5H2,1-4H3,(H,22,24)/b21-14-/t15-/m1/s1. The van der Waals surface area contributed by atoms with Crippen molar-refractivity contribution in [3.63, 3.8) is 0 Å². The molecule has 156 valence electrons. The van der Waals surface area contributed by atoms with Crippen LogP contribution in [0.5, 0.6) is 11.5 Å². The predicted molar refractivity (Wildman–Crippen MR) is 113 cm³/mol. The van der Waals surface area contributed by atoms with E-state index in [0.717, 1.165) is 16.1 Å². The summed E-state index contributed by atoms with van der Waals surface area (Å²) in [6, 6.07) is 12.6. The number of nitrogens with one attached hydrogen (secondary N) is 1. The number of carbonyl (C=O) groups excluding carboxylic acids is 1. The molecule has 0 fully saturated rings. The average Bonchev–Trinajstić information content (AvgIpc) is 2.68. The van der Waals surface area contributed by atoms with Crippen LogP contribution in [0.15, 0.2) is 53.6 Å². The first-order chi connectivity index (χ1) is 13.8. The van der Waals surface area contributed by atoms with E-state index in [1.807, 2.05) is 6.92 Å². The number of hydrogen-bond donors (Lipinski definition) is 1. The molecule has 0 spiro atoms. The van der Waals surface area contributed by atoms with Gasteiger partial charge in [0.05, 0.1) is 31.9 Å². The van der Waals surface area contributed by atoms with Gasteiger partial charge in [0.1, 0.15) is 17.5 Å². The van der Waals surface area contributed by atoms with E-state index in [1.54, 1.807) is 55.6 Å². The lowest BCUT2D eigenvalue weighted by Crippen LogP contribution is -2.46. The van der Waals surface area contributed by atoms with Crippen molar-refractivity contribution in [3.05, 3.63) is 54.1 Å². The van der Waals surface area contributed by atoms with E-state index in [-0.39, 0.29) is 0 Å². The van der Waals surface area contributed by atoms with Gasteiger partial charge in [0.25, 0.3) is 5.91 Å². The third-order valence-corrected chi connectivity index (χ3v) is 5.21. The summed E-state index contributed by atoms with van der Waals surface area (Å²) in [6.45, 7) is 3.85. The largest absolute Gasteiger partial charge is 0.497 e. The highest BCUT2D eigenvalue weighted by atomic mass is 32.2. The lowest BCUT2D eigenvalue weighted by Gasteiger charge is -2.27. The van der Waals surface area contributed by atoms with Crippen LogP contribution in [-0.2, 0) is 14.8 Å². The zero-order chi connectivity index (χ0) is 21.4. The molecule has 2 aromatic carbocycles. The van der Waals surface area contributed by atoms with Crippen LogP contribution in [0.3, 0.4) is 0 Å². The highest BCUT2D eigenvalue weighted by Gasteiger charge is 2.29. The number of methoxy groups -OCH3 is 1. The topological polar surface area (TPSA) is 97.3 Å². The lowest BCUT2D eigenvalue weighted by atomic mass is 10.2. The normalized spacial score (nSPS) is 12.4. The molecular weight excluding hydrogens is 394 g/mol. The highest BCUT2D eigenvalue weighted by molar-refractivity contribution is 7.92. The Morgan fingerprint density at radius 1 is 1.21 bits per heavy atom. The van der Waals surface area contributed by atoms with Crippen molar-refractivity contribution in [3.8, 4) is 11.5 Å². The molecule has 0 aliphatic heterocycles. The fourth-order valence-electron chi connectivity index (χ4n) is 2.65. The number of hydrogen-bond acceptors (Lipinski definition) is 6. The molecule has 0 aromatic heterocycles. The molecule has 0 saturated heterocycles. The summed E-state index contributed by atoms with van der Waals surface area (Å²) in [7, 11) is -2.15. The van der Waals surface area contributed by atoms with Crippen molar-refractivity contribution in [2.45, 2.75) is 19.9 Å². The molecule has 2 rings (SSSR count). The fraction of sp³-hybridized carbons (Fsp3) is 0.300. The summed E-state index contributed by atoms with van der Waals surface area (Å²) in [5, 5.41) is 3.91. The van der Waals surface area contributed by atoms with Crippen molar-refractivity contribution in [1.29, 1.82) is 0 Å². The first kappa shape index (κ1) is 22.2. The van der Waals surface area contributed by atoms with Crippen LogP contribution in [0.4, 0.5) is 5.69 Å². The number of hydrazone groups is 1. The molecule has 0 heterocycles. The molecule has 0 radical (unpaired) electrons. The van der Waals surface area contributed by atoms with E-state index in [1.165, 1.54) is 13.1 Å². The number of carbonyl (C=O) groups is 1. The van der Waals surface area contributed by atoms with Crippen molar-refractivity contribution in [2.24, 2.45) is 5.10 Å². The highest BCUT2D eigenvalue weighted by Crippen LogP contribution is 2.24. The summed E-state index contributed by atoms with van der Waals surface area (Å²) in [5.41, 5.74) is 3.46. The summed E-state index contributed by atoms with van der Waals surface area (Å²) in [4.78, 5) is 12.5. The minimum atomic E-state index is -3.71. The van der Waals surface area contributed by atoms with Crippen molar-refractivity contribution >= 4 is 27.8 Å². The van der Waals surface area contributed by atoms with Gasteiger partial charge < -0.3 is 9.47 Å². The molecule has 0 aliphatic rings. The summed E-state index contributed by atoms with van der Waals surface area (Å²) in [5.74, 6) is 0.709. The zero-order valence-corrected chi connectivity index (χ0v) is 17.6. The monoisotopic (exact) mass is 419 g/mol. The van der Waals surface area contributed by atoms with Gasteiger partial charge >= 0.3 is 0 Å². The van der Waals surface area contributed by atoms with Crippen LogP contribution >= 0.6 is 0 Å². The van der Waals surface area contributed by atoms with Gasteiger partial charge in [-0.25, -0.2) is 13.8 Å². The third-order valence-electron chi connectivity index (χ3n) is 3.97. The van der Waals surface area contributed by atoms with Gasteiger partial charge in [-0.3, -0.25) is 9.10 Å². The van der Waals surface area contributed by atoms with E-state index in [9.17, 15) is 13.2 Å². The average molecular weight is 420 g/mol. The quantitative estimate of drug-likeness (QED) is 0.497. The van der Waals surface area contributed by atoms with E-state index in [0.29, 0.717) is 23.8 Å². The van der Waals surface area contributed by atoms with Gasteiger partial charge in [-0.1, -0.05) is 12.1 Å². The Bertz CT molecular complexity index is 958. The maximum absolute atomic E-state index is 12.5. The Balaban J connectivity index is 2.14. The molecule has 9 heteroatoms. The van der Waals surface area contributed by atoms with Gasteiger partial charge in [-0.2, -0.15) is 5.10 Å². The second-order valence-corrected chi connectivity index (χ2v) is 8.03. The summed E-state index contributed by atoms with van der Waals surface area (Å²) >= 11 is 0. The third kappa shape index (κ3) is 6.21. The zero-order valence-electron chi connectivity index (χ0n) is 16.8. The Kier molecular flexibility index (Phi) is 7.60. The molecule has 29 heavy (non-hydrogen) atoms. The smallest absolute Gasteiger partial charge is 0.263 e. The SMILES string of the molecule is CCOc1ccc(N([C@H](C)C(=O)N/N=C\c2cccc(OC)c2)S(C)(=O)=O)cc1. The predicted octanol–water partition coefficient (Wildman–Crippen LogP) is 2.40. The minimum absolute atomic E-state index is 0.357. The Morgan fingerprint density at radius 3 is 2.48 bits per heavy atom. The molecule has 0 unspecified atom stereocenters. The molecule has 0 bridgehead atoms. The number of nitrogens with zero attached hydrogens (tertiary/aromatic N) is 2. The van der Waals surface area contributed by atoms with Crippen LogP contribution in [0.2, 0.25) is 0 Å². The maximum atomic E-state index is 12.5. The number of anilines is 1. The van der Waals surface area contributed by atoms with E-state index in [2.05, 4.69) is 10.5 Å². The number of benzene rings is 2. The molecule has 1 atom stereocenters. The Labute approximate surface area is 171 Å². The van der Waals surface area contributed by atoms with Crippen LogP contribution < -0.4 is 19.2 Å². The van der Waals surface area contributed by atoms with Crippen molar-refractivity contribution in [1.82, 2.24) is 5.43 Å². The number of ether oxygens (including phenoxy) is 2. The fourth-order valence-corrected chi connectivity index (χ4v) is 3.83. The lowest BCUT2D eigenvalue weighted by molar-refractivity contribution is -0.121. The molecule has 0 aliphatic carbocycles. The maximum Gasteiger partial charge on any atom is 0.263 e. The second kappa shape index (κ2) is 9.92. The van der Waals surface area contributed by atoms with Crippen molar-refractivity contribution < 1.29 is 22.7 Å². The molecule has 1 amide bonds. The first-order valence-corrected chi connectivity index (χ1v) is 10.8. The molecule has 2 aromatic rings. The Hall–Kier alpha value is -3.07. The van der Waals surface area contributed by atoms with Gasteiger partial charge in [-0.15, -0.1) is 0 Å². The van der Waals surface area contributed by atoms with Gasteiger partial charge in [0.2, 0.25) is 10.0 Å².